The van der Waals surface area contributed by atoms with Gasteiger partial charge in [-0.3, -0.25) is 9.78 Å². The molecule has 1 amide bonds. The van der Waals surface area contributed by atoms with Gasteiger partial charge in [-0.15, -0.1) is 0 Å². The Morgan fingerprint density at radius 1 is 0.938 bits per heavy atom. The van der Waals surface area contributed by atoms with Gasteiger partial charge in [-0.2, -0.15) is 5.10 Å². The number of para-hydroxylation sites is 1. The fraction of sp³-hybridized carbons (Fsp3) is 0.125. The minimum Gasteiger partial charge on any atom is -0.352 e. The van der Waals surface area contributed by atoms with Crippen LogP contribution in [0, 0.1) is 0 Å². The first-order valence-corrected chi connectivity index (χ1v) is 11.8. The Labute approximate surface area is 186 Å². The number of benzene rings is 2. The van der Waals surface area contributed by atoms with E-state index in [2.05, 4.69) is 15.4 Å². The summed E-state index contributed by atoms with van der Waals surface area (Å²) in [5.74, 6) is -0.362. The maximum Gasteiger partial charge on any atom is 0.255 e. The first-order chi connectivity index (χ1) is 15.5. The minimum atomic E-state index is -3.38. The number of pyridine rings is 1. The van der Waals surface area contributed by atoms with Gasteiger partial charge in [0.05, 0.1) is 21.9 Å². The summed E-state index contributed by atoms with van der Waals surface area (Å²) in [5.41, 5.74) is 2.45. The second kappa shape index (κ2) is 9.57. The van der Waals surface area contributed by atoms with Crippen molar-refractivity contribution in [1.82, 2.24) is 20.1 Å². The predicted octanol–water partition coefficient (Wildman–Crippen LogP) is 3.53. The van der Waals surface area contributed by atoms with Crippen molar-refractivity contribution in [2.75, 3.05) is 12.3 Å². The van der Waals surface area contributed by atoms with Crippen LogP contribution in [-0.4, -0.2) is 41.4 Å². The number of aromatic nitrogens is 3. The smallest absolute Gasteiger partial charge is 0.255 e. The molecular formula is C24H22N4O3S. The summed E-state index contributed by atoms with van der Waals surface area (Å²) in [5, 5.41) is 7.42. The van der Waals surface area contributed by atoms with Crippen molar-refractivity contribution in [3.63, 3.8) is 0 Å². The fourth-order valence-corrected chi connectivity index (χ4v) is 4.61. The molecule has 0 radical (unpaired) electrons. The van der Waals surface area contributed by atoms with E-state index in [-0.39, 0.29) is 23.1 Å². The SMILES string of the molecule is O=C(NCCCS(=O)(=O)c1ccccc1)c1cn(-c2ccccc2)nc1-c1cccnc1. The van der Waals surface area contributed by atoms with Gasteiger partial charge in [-0.05, 0) is 42.8 Å². The standard InChI is InChI=1S/C24H22N4O3S/c29-24(26-15-8-16-32(30,31)21-12-5-2-6-13-21)22-18-28(20-10-3-1-4-11-20)27-23(22)19-9-7-14-25-17-19/h1-7,9-14,17-18H,8,15-16H2,(H,26,29). The molecule has 2 aromatic carbocycles. The Bertz CT molecular complexity index is 1290. The third-order valence-corrected chi connectivity index (χ3v) is 6.71. The topological polar surface area (TPSA) is 94.0 Å². The molecule has 0 aliphatic heterocycles. The van der Waals surface area contributed by atoms with Gasteiger partial charge in [0, 0.05) is 30.7 Å². The molecule has 0 spiro atoms. The number of amides is 1. The Hall–Kier alpha value is -3.78. The van der Waals surface area contributed by atoms with Crippen molar-refractivity contribution in [2.45, 2.75) is 11.3 Å². The predicted molar refractivity (Wildman–Crippen MR) is 122 cm³/mol. The van der Waals surface area contributed by atoms with E-state index in [1.807, 2.05) is 36.4 Å². The average molecular weight is 447 g/mol. The second-order valence-electron chi connectivity index (χ2n) is 7.15. The van der Waals surface area contributed by atoms with Crippen molar-refractivity contribution < 1.29 is 13.2 Å². The molecule has 0 aliphatic carbocycles. The van der Waals surface area contributed by atoms with E-state index in [1.165, 1.54) is 0 Å². The summed E-state index contributed by atoms with van der Waals surface area (Å²) < 4.78 is 26.5. The van der Waals surface area contributed by atoms with E-state index in [4.69, 9.17) is 0 Å². The lowest BCUT2D eigenvalue weighted by molar-refractivity contribution is 0.0954. The van der Waals surface area contributed by atoms with Gasteiger partial charge in [-0.25, -0.2) is 13.1 Å². The van der Waals surface area contributed by atoms with Gasteiger partial charge in [0.2, 0.25) is 0 Å². The van der Waals surface area contributed by atoms with Gasteiger partial charge in [0.15, 0.2) is 9.84 Å². The molecule has 0 fully saturated rings. The third kappa shape index (κ3) is 4.92. The van der Waals surface area contributed by atoms with E-state index in [1.54, 1.807) is 59.7 Å². The number of nitrogens with zero attached hydrogens (tertiary/aromatic N) is 3. The number of rotatable bonds is 8. The highest BCUT2D eigenvalue weighted by Gasteiger charge is 2.19. The summed E-state index contributed by atoms with van der Waals surface area (Å²) >= 11 is 0. The molecule has 2 heterocycles. The van der Waals surface area contributed by atoms with Crippen LogP contribution in [0.3, 0.4) is 0 Å². The first-order valence-electron chi connectivity index (χ1n) is 10.2. The second-order valence-corrected chi connectivity index (χ2v) is 9.26. The molecule has 0 aliphatic rings. The Balaban J connectivity index is 1.48. The lowest BCUT2D eigenvalue weighted by Gasteiger charge is -2.07. The van der Waals surface area contributed by atoms with Crippen molar-refractivity contribution in [1.29, 1.82) is 0 Å². The van der Waals surface area contributed by atoms with Crippen LogP contribution in [-0.2, 0) is 9.84 Å². The molecule has 162 valence electrons. The largest absolute Gasteiger partial charge is 0.352 e. The van der Waals surface area contributed by atoms with E-state index >= 15 is 0 Å². The Morgan fingerprint density at radius 2 is 1.66 bits per heavy atom. The van der Waals surface area contributed by atoms with E-state index < -0.39 is 9.84 Å². The molecule has 0 atom stereocenters. The molecule has 0 saturated heterocycles. The molecule has 7 nitrogen and oxygen atoms in total. The van der Waals surface area contributed by atoms with Crippen molar-refractivity contribution in [3.8, 4) is 16.9 Å². The van der Waals surface area contributed by atoms with Crippen molar-refractivity contribution >= 4 is 15.7 Å². The van der Waals surface area contributed by atoms with Gasteiger partial charge in [0.1, 0.15) is 5.69 Å². The number of nitrogens with one attached hydrogen (secondary N) is 1. The summed E-state index contributed by atoms with van der Waals surface area (Å²) in [4.78, 5) is 17.4. The number of sulfone groups is 1. The number of hydrogen-bond donors (Lipinski definition) is 1. The minimum absolute atomic E-state index is 0.0456. The van der Waals surface area contributed by atoms with Crippen LogP contribution < -0.4 is 5.32 Å². The van der Waals surface area contributed by atoms with Crippen molar-refractivity contribution in [2.24, 2.45) is 0 Å². The van der Waals surface area contributed by atoms with Crippen LogP contribution in [0.2, 0.25) is 0 Å². The molecule has 2 aromatic heterocycles. The van der Waals surface area contributed by atoms with Gasteiger partial charge >= 0.3 is 0 Å². The highest BCUT2D eigenvalue weighted by atomic mass is 32.2. The first kappa shape index (κ1) is 21.5. The lowest BCUT2D eigenvalue weighted by Crippen LogP contribution is -2.26. The fourth-order valence-electron chi connectivity index (χ4n) is 3.27. The quantitative estimate of drug-likeness (QED) is 0.418. The molecular weight excluding hydrogens is 424 g/mol. The molecule has 0 unspecified atom stereocenters. The zero-order chi connectivity index (χ0) is 22.4. The molecule has 1 N–H and O–H groups in total. The third-order valence-electron chi connectivity index (χ3n) is 4.89. The summed E-state index contributed by atoms with van der Waals surface area (Å²) in [7, 11) is -3.38. The Kier molecular flexibility index (Phi) is 6.42. The molecule has 0 saturated carbocycles. The highest BCUT2D eigenvalue weighted by Crippen LogP contribution is 2.23. The van der Waals surface area contributed by atoms with Crippen LogP contribution in [0.25, 0.3) is 16.9 Å². The van der Waals surface area contributed by atoms with Gasteiger partial charge in [-0.1, -0.05) is 36.4 Å². The molecule has 0 bridgehead atoms. The molecule has 4 aromatic rings. The maximum absolute atomic E-state index is 12.9. The van der Waals surface area contributed by atoms with Crippen LogP contribution in [0.15, 0.2) is 96.3 Å². The summed E-state index contributed by atoms with van der Waals surface area (Å²) in [6, 6.07) is 21.4. The zero-order valence-corrected chi connectivity index (χ0v) is 18.1. The summed E-state index contributed by atoms with van der Waals surface area (Å²) in [6.45, 7) is 0.230. The van der Waals surface area contributed by atoms with Crippen LogP contribution in [0.1, 0.15) is 16.8 Å². The lowest BCUT2D eigenvalue weighted by atomic mass is 10.1. The van der Waals surface area contributed by atoms with E-state index in [0.29, 0.717) is 17.7 Å². The van der Waals surface area contributed by atoms with Crippen LogP contribution in [0.4, 0.5) is 0 Å². The number of carbonyl (C=O) groups excluding carboxylic acids is 1. The monoisotopic (exact) mass is 446 g/mol. The molecule has 4 rings (SSSR count). The molecule has 32 heavy (non-hydrogen) atoms. The Morgan fingerprint density at radius 3 is 2.34 bits per heavy atom. The number of hydrogen-bond acceptors (Lipinski definition) is 5. The highest BCUT2D eigenvalue weighted by molar-refractivity contribution is 7.91. The van der Waals surface area contributed by atoms with E-state index in [0.717, 1.165) is 11.3 Å². The average Bonchev–Trinajstić information content (AvgIpc) is 3.29. The van der Waals surface area contributed by atoms with Crippen molar-refractivity contribution in [3.05, 3.63) is 97.0 Å². The summed E-state index contributed by atoms with van der Waals surface area (Å²) in [6.07, 6.45) is 5.29. The number of carbonyl (C=O) groups is 1. The molecule has 8 heteroatoms. The van der Waals surface area contributed by atoms with E-state index in [9.17, 15) is 13.2 Å². The van der Waals surface area contributed by atoms with Crippen LogP contribution in [0.5, 0.6) is 0 Å². The zero-order valence-electron chi connectivity index (χ0n) is 17.3. The normalized spacial score (nSPS) is 11.2. The van der Waals surface area contributed by atoms with Gasteiger partial charge < -0.3 is 5.32 Å². The van der Waals surface area contributed by atoms with Crippen LogP contribution >= 0.6 is 0 Å². The maximum atomic E-state index is 12.9. The van der Waals surface area contributed by atoms with Gasteiger partial charge in [0.25, 0.3) is 5.91 Å².